The van der Waals surface area contributed by atoms with Gasteiger partial charge < -0.3 is 15.0 Å². The third kappa shape index (κ3) is 4.55. The molecular weight excluding hydrogens is 464 g/mol. The van der Waals surface area contributed by atoms with E-state index in [1.165, 1.54) is 35.1 Å². The van der Waals surface area contributed by atoms with E-state index in [1.54, 1.807) is 11.8 Å². The van der Waals surface area contributed by atoms with Gasteiger partial charge in [-0.1, -0.05) is 30.8 Å². The fraction of sp³-hybridized carbons (Fsp3) is 0.500. The predicted molar refractivity (Wildman–Crippen MR) is 139 cm³/mol. The Bertz CT molecular complexity index is 1220. The quantitative estimate of drug-likeness (QED) is 0.372. The number of carbonyl (C=O) groups excluding carboxylic acids is 1. The van der Waals surface area contributed by atoms with Crippen LogP contribution in [0.4, 0.5) is 11.4 Å². The summed E-state index contributed by atoms with van der Waals surface area (Å²) >= 11 is 3.42. The van der Waals surface area contributed by atoms with Gasteiger partial charge in [-0.15, -0.1) is 11.3 Å². The molecule has 3 aliphatic rings. The second-order valence-corrected chi connectivity index (χ2v) is 11.7. The molecule has 2 aromatic heterocycles. The van der Waals surface area contributed by atoms with E-state index in [1.807, 2.05) is 29.5 Å². The molecule has 3 aromatic rings. The molecule has 1 amide bonds. The summed E-state index contributed by atoms with van der Waals surface area (Å²) in [6, 6.07) is 8.05. The molecule has 1 aromatic carbocycles. The summed E-state index contributed by atoms with van der Waals surface area (Å²) in [6.07, 6.45) is 5.80. The molecule has 34 heavy (non-hydrogen) atoms. The monoisotopic (exact) mass is 494 g/mol. The first-order valence-corrected chi connectivity index (χ1v) is 14.1. The second-order valence-electron chi connectivity index (χ2n) is 9.65. The van der Waals surface area contributed by atoms with E-state index in [2.05, 4.69) is 23.2 Å². The minimum absolute atomic E-state index is 0.00293. The maximum atomic E-state index is 13.0. The van der Waals surface area contributed by atoms with Gasteiger partial charge in [0.25, 0.3) is 0 Å². The molecular formula is C26H30N4O2S2. The van der Waals surface area contributed by atoms with E-state index in [4.69, 9.17) is 14.7 Å². The standard InChI is InChI=1S/C26H30N4O2S2/c1-16-6-9-18-21(14-16)34-26-23(18)25(28-24(29-26)17-7-8-17)33-15-22(31)27-19-4-2-3-5-20(19)30-10-12-32-13-11-30/h2-5,16-17H,6-15H2,1H3,(H,27,31)/t16-/m0/s1. The number of ether oxygens (including phenoxy) is 1. The zero-order chi connectivity index (χ0) is 23.1. The number of para-hydroxylation sites is 2. The molecule has 6 rings (SSSR count). The fourth-order valence-corrected chi connectivity index (χ4v) is 7.25. The van der Waals surface area contributed by atoms with Crippen LogP contribution >= 0.6 is 23.1 Å². The van der Waals surface area contributed by atoms with Crippen molar-refractivity contribution in [2.24, 2.45) is 5.92 Å². The van der Waals surface area contributed by atoms with Crippen LogP contribution in [0.2, 0.25) is 0 Å². The summed E-state index contributed by atoms with van der Waals surface area (Å²) < 4.78 is 5.49. The number of thiophene rings is 1. The lowest BCUT2D eigenvalue weighted by molar-refractivity contribution is -0.113. The van der Waals surface area contributed by atoms with Crippen molar-refractivity contribution in [3.8, 4) is 0 Å². The van der Waals surface area contributed by atoms with Crippen molar-refractivity contribution in [3.05, 3.63) is 40.5 Å². The minimum Gasteiger partial charge on any atom is -0.378 e. The van der Waals surface area contributed by atoms with Crippen molar-refractivity contribution in [2.45, 2.75) is 50.0 Å². The number of morpholine rings is 1. The molecule has 1 aliphatic heterocycles. The number of anilines is 2. The summed E-state index contributed by atoms with van der Waals surface area (Å²) in [5, 5.41) is 5.36. The first-order valence-electron chi connectivity index (χ1n) is 12.3. The van der Waals surface area contributed by atoms with Crippen LogP contribution in [-0.4, -0.2) is 47.9 Å². The van der Waals surface area contributed by atoms with E-state index in [-0.39, 0.29) is 5.91 Å². The lowest BCUT2D eigenvalue weighted by Gasteiger charge is -2.30. The van der Waals surface area contributed by atoms with Crippen LogP contribution in [0.3, 0.4) is 0 Å². The Labute approximate surface area is 208 Å². The number of aryl methyl sites for hydroxylation is 1. The molecule has 1 atom stereocenters. The van der Waals surface area contributed by atoms with E-state index < -0.39 is 0 Å². The van der Waals surface area contributed by atoms with E-state index >= 15 is 0 Å². The number of aromatic nitrogens is 2. The molecule has 0 bridgehead atoms. The Hall–Kier alpha value is -2.16. The highest BCUT2D eigenvalue weighted by atomic mass is 32.2. The lowest BCUT2D eigenvalue weighted by Crippen LogP contribution is -2.36. The Morgan fingerprint density at radius 1 is 1.21 bits per heavy atom. The second kappa shape index (κ2) is 9.47. The molecule has 1 N–H and O–H groups in total. The number of thioether (sulfide) groups is 1. The molecule has 0 radical (unpaired) electrons. The Morgan fingerprint density at radius 2 is 2.03 bits per heavy atom. The molecule has 6 nitrogen and oxygen atoms in total. The van der Waals surface area contributed by atoms with Crippen LogP contribution in [0, 0.1) is 5.92 Å². The highest BCUT2D eigenvalue weighted by Gasteiger charge is 2.30. The maximum Gasteiger partial charge on any atom is 0.234 e. The van der Waals surface area contributed by atoms with Crippen LogP contribution in [0.5, 0.6) is 0 Å². The fourth-order valence-electron chi connectivity index (χ4n) is 4.93. The van der Waals surface area contributed by atoms with E-state index in [0.717, 1.165) is 72.1 Å². The summed E-state index contributed by atoms with van der Waals surface area (Å²) in [5.41, 5.74) is 3.36. The highest BCUT2D eigenvalue weighted by molar-refractivity contribution is 8.00. The predicted octanol–water partition coefficient (Wildman–Crippen LogP) is 5.26. The molecule has 1 saturated heterocycles. The van der Waals surface area contributed by atoms with Gasteiger partial charge in [0.05, 0.1) is 30.3 Å². The molecule has 1 saturated carbocycles. The average molecular weight is 495 g/mol. The van der Waals surface area contributed by atoms with Crippen molar-refractivity contribution >= 4 is 50.6 Å². The first kappa shape index (κ1) is 22.3. The zero-order valence-electron chi connectivity index (χ0n) is 19.5. The average Bonchev–Trinajstić information content (AvgIpc) is 3.64. The summed E-state index contributed by atoms with van der Waals surface area (Å²) in [7, 11) is 0. The van der Waals surface area contributed by atoms with Gasteiger partial charge in [0, 0.05) is 29.3 Å². The summed E-state index contributed by atoms with van der Waals surface area (Å²) in [4.78, 5) is 27.9. The number of carbonyl (C=O) groups is 1. The third-order valence-corrected chi connectivity index (χ3v) is 9.08. The first-order chi connectivity index (χ1) is 16.7. The van der Waals surface area contributed by atoms with Gasteiger partial charge in [-0.25, -0.2) is 9.97 Å². The van der Waals surface area contributed by atoms with Crippen molar-refractivity contribution in [1.29, 1.82) is 0 Å². The van der Waals surface area contributed by atoms with Crippen LogP contribution in [-0.2, 0) is 22.4 Å². The number of hydrogen-bond donors (Lipinski definition) is 1. The number of nitrogens with one attached hydrogen (secondary N) is 1. The third-order valence-electron chi connectivity index (χ3n) is 6.95. The van der Waals surface area contributed by atoms with Gasteiger partial charge in [0.1, 0.15) is 15.7 Å². The van der Waals surface area contributed by atoms with Crippen LogP contribution in [0.15, 0.2) is 29.3 Å². The Kier molecular flexibility index (Phi) is 6.22. The Morgan fingerprint density at radius 3 is 2.85 bits per heavy atom. The maximum absolute atomic E-state index is 13.0. The molecule has 178 valence electrons. The number of fused-ring (bicyclic) bond motifs is 3. The molecule has 8 heteroatoms. The number of rotatable bonds is 6. The van der Waals surface area contributed by atoms with Gasteiger partial charge in [0.2, 0.25) is 5.91 Å². The smallest absolute Gasteiger partial charge is 0.234 e. The SMILES string of the molecule is C[C@H]1CCc2c(sc3nc(C4CC4)nc(SCC(=O)Nc4ccccc4N4CCOCC4)c23)C1. The summed E-state index contributed by atoms with van der Waals surface area (Å²) in [6.45, 7) is 5.45. The number of nitrogens with zero attached hydrogens (tertiary/aromatic N) is 3. The van der Waals surface area contributed by atoms with E-state index in [9.17, 15) is 4.79 Å². The van der Waals surface area contributed by atoms with Gasteiger partial charge in [-0.2, -0.15) is 0 Å². The van der Waals surface area contributed by atoms with E-state index in [0.29, 0.717) is 11.7 Å². The highest BCUT2D eigenvalue weighted by Crippen LogP contribution is 2.44. The molecule has 3 heterocycles. The van der Waals surface area contributed by atoms with Crippen LogP contribution < -0.4 is 10.2 Å². The normalized spacial score (nSPS) is 20.4. The van der Waals surface area contributed by atoms with Crippen molar-refractivity contribution in [2.75, 3.05) is 42.3 Å². The largest absolute Gasteiger partial charge is 0.378 e. The van der Waals surface area contributed by atoms with Crippen LogP contribution in [0.25, 0.3) is 10.2 Å². The lowest BCUT2D eigenvalue weighted by atomic mass is 9.89. The minimum atomic E-state index is 0.00293. The van der Waals surface area contributed by atoms with Gasteiger partial charge in [-0.3, -0.25) is 4.79 Å². The molecule has 0 spiro atoms. The molecule has 2 aliphatic carbocycles. The van der Waals surface area contributed by atoms with Crippen molar-refractivity contribution < 1.29 is 9.53 Å². The van der Waals surface area contributed by atoms with Crippen molar-refractivity contribution in [3.63, 3.8) is 0 Å². The van der Waals surface area contributed by atoms with Gasteiger partial charge in [-0.05, 0) is 55.7 Å². The number of amides is 1. The zero-order valence-corrected chi connectivity index (χ0v) is 21.1. The molecule has 2 fully saturated rings. The van der Waals surface area contributed by atoms with Crippen molar-refractivity contribution in [1.82, 2.24) is 9.97 Å². The summed E-state index contributed by atoms with van der Waals surface area (Å²) in [5.74, 6) is 2.54. The van der Waals surface area contributed by atoms with Gasteiger partial charge >= 0.3 is 0 Å². The van der Waals surface area contributed by atoms with Gasteiger partial charge in [0.15, 0.2) is 0 Å². The molecule has 0 unspecified atom stereocenters. The Balaban J connectivity index is 1.23. The number of benzene rings is 1. The topological polar surface area (TPSA) is 67.4 Å². The number of hydrogen-bond acceptors (Lipinski definition) is 7. The van der Waals surface area contributed by atoms with Crippen LogP contribution in [0.1, 0.15) is 48.4 Å².